The molecule has 118 valence electrons. The van der Waals surface area contributed by atoms with Crippen molar-refractivity contribution in [2.45, 2.75) is 71.4 Å². The number of carbonyl (C=O) groups excluding carboxylic acids is 1. The van der Waals surface area contributed by atoms with Gasteiger partial charge in [-0.3, -0.25) is 9.69 Å². The molecular weight excluding hydrogens is 250 g/mol. The van der Waals surface area contributed by atoms with E-state index in [1.807, 2.05) is 6.92 Å². The zero-order valence-corrected chi connectivity index (χ0v) is 13.7. The van der Waals surface area contributed by atoms with Crippen LogP contribution in [0, 0.1) is 5.92 Å². The van der Waals surface area contributed by atoms with Gasteiger partial charge in [-0.25, -0.2) is 0 Å². The quantitative estimate of drug-likeness (QED) is 0.785. The molecule has 1 saturated heterocycles. The Morgan fingerprint density at radius 1 is 1.20 bits per heavy atom. The van der Waals surface area contributed by atoms with Crippen LogP contribution in [0.2, 0.25) is 0 Å². The number of likely N-dealkylation sites (tertiary alicyclic amines) is 1. The van der Waals surface area contributed by atoms with Crippen LogP contribution in [0.15, 0.2) is 0 Å². The van der Waals surface area contributed by atoms with Gasteiger partial charge < -0.3 is 11.1 Å². The first kappa shape index (κ1) is 17.4. The third-order valence-electron chi connectivity index (χ3n) is 4.30. The summed E-state index contributed by atoms with van der Waals surface area (Å²) in [7, 11) is 0. The number of nitrogens with two attached hydrogens (primary N) is 1. The standard InChI is InChI=1S/C16H33N3O/c1-13(2)11-16(4,12-17)18-15(20)14(3)19-9-7-5-6-8-10-19/h13-14H,5-12,17H2,1-4H3,(H,18,20). The highest BCUT2D eigenvalue weighted by Gasteiger charge is 2.30. The molecule has 2 unspecified atom stereocenters. The summed E-state index contributed by atoms with van der Waals surface area (Å²) in [4.78, 5) is 14.8. The van der Waals surface area contributed by atoms with Gasteiger partial charge in [0.25, 0.3) is 0 Å². The lowest BCUT2D eigenvalue weighted by Gasteiger charge is -2.35. The Morgan fingerprint density at radius 3 is 2.20 bits per heavy atom. The minimum atomic E-state index is -0.286. The maximum absolute atomic E-state index is 12.5. The predicted octanol–water partition coefficient (Wildman–Crippen LogP) is 2.13. The van der Waals surface area contributed by atoms with E-state index in [0.29, 0.717) is 12.5 Å². The minimum absolute atomic E-state index is 0.0499. The third-order valence-corrected chi connectivity index (χ3v) is 4.30. The SMILES string of the molecule is CC(C)CC(C)(CN)NC(=O)C(C)N1CCCCCC1. The lowest BCUT2D eigenvalue weighted by Crippen LogP contribution is -2.57. The zero-order valence-electron chi connectivity index (χ0n) is 13.7. The number of hydrogen-bond acceptors (Lipinski definition) is 3. The highest BCUT2D eigenvalue weighted by atomic mass is 16.2. The van der Waals surface area contributed by atoms with Crippen LogP contribution in [0.5, 0.6) is 0 Å². The Bertz CT molecular complexity index is 298. The predicted molar refractivity (Wildman–Crippen MR) is 84.6 cm³/mol. The largest absolute Gasteiger partial charge is 0.348 e. The molecule has 0 radical (unpaired) electrons. The molecule has 1 aliphatic heterocycles. The molecule has 0 aromatic heterocycles. The highest BCUT2D eigenvalue weighted by molar-refractivity contribution is 5.82. The fraction of sp³-hybridized carbons (Fsp3) is 0.938. The average Bonchev–Trinajstić information content (AvgIpc) is 2.65. The van der Waals surface area contributed by atoms with Crippen molar-refractivity contribution in [2.24, 2.45) is 11.7 Å². The molecule has 0 aromatic carbocycles. The molecule has 20 heavy (non-hydrogen) atoms. The van der Waals surface area contributed by atoms with E-state index in [1.165, 1.54) is 25.7 Å². The number of amides is 1. The van der Waals surface area contributed by atoms with Crippen molar-refractivity contribution >= 4 is 5.91 Å². The first-order valence-corrected chi connectivity index (χ1v) is 8.14. The Morgan fingerprint density at radius 2 is 1.75 bits per heavy atom. The molecule has 0 aliphatic carbocycles. The molecule has 4 nitrogen and oxygen atoms in total. The summed E-state index contributed by atoms with van der Waals surface area (Å²) in [5.74, 6) is 0.651. The lowest BCUT2D eigenvalue weighted by atomic mass is 9.90. The van der Waals surface area contributed by atoms with Gasteiger partial charge in [0, 0.05) is 12.1 Å². The normalized spacial score (nSPS) is 22.1. The van der Waals surface area contributed by atoms with Gasteiger partial charge in [-0.05, 0) is 52.1 Å². The van der Waals surface area contributed by atoms with Gasteiger partial charge in [0.05, 0.1) is 6.04 Å². The summed E-state index contributed by atoms with van der Waals surface area (Å²) in [5, 5.41) is 3.19. The molecule has 4 heteroatoms. The summed E-state index contributed by atoms with van der Waals surface area (Å²) in [6.45, 7) is 11.0. The van der Waals surface area contributed by atoms with Gasteiger partial charge in [0.15, 0.2) is 0 Å². The second kappa shape index (κ2) is 7.99. The van der Waals surface area contributed by atoms with Gasteiger partial charge in [0.2, 0.25) is 5.91 Å². The van der Waals surface area contributed by atoms with E-state index in [1.54, 1.807) is 0 Å². The molecule has 1 heterocycles. The Labute approximate surface area is 124 Å². The van der Waals surface area contributed by atoms with Crippen LogP contribution in [-0.4, -0.2) is 42.0 Å². The van der Waals surface area contributed by atoms with E-state index < -0.39 is 0 Å². The van der Waals surface area contributed by atoms with E-state index in [2.05, 4.69) is 31.0 Å². The minimum Gasteiger partial charge on any atom is -0.348 e. The molecule has 3 N–H and O–H groups in total. The van der Waals surface area contributed by atoms with Crippen molar-refractivity contribution in [3.05, 3.63) is 0 Å². The maximum Gasteiger partial charge on any atom is 0.237 e. The van der Waals surface area contributed by atoms with Gasteiger partial charge in [-0.2, -0.15) is 0 Å². The molecule has 0 bridgehead atoms. The molecule has 1 amide bonds. The first-order valence-electron chi connectivity index (χ1n) is 8.14. The number of carbonyl (C=O) groups is 1. The molecule has 0 spiro atoms. The molecule has 0 saturated carbocycles. The first-order chi connectivity index (χ1) is 9.38. The van der Waals surface area contributed by atoms with E-state index in [4.69, 9.17) is 5.73 Å². The van der Waals surface area contributed by atoms with Crippen LogP contribution in [-0.2, 0) is 4.79 Å². The van der Waals surface area contributed by atoms with Crippen molar-refractivity contribution < 1.29 is 4.79 Å². The lowest BCUT2D eigenvalue weighted by molar-refractivity contribution is -0.127. The van der Waals surface area contributed by atoms with Crippen molar-refractivity contribution in [3.8, 4) is 0 Å². The van der Waals surface area contributed by atoms with Gasteiger partial charge >= 0.3 is 0 Å². The monoisotopic (exact) mass is 283 g/mol. The summed E-state index contributed by atoms with van der Waals surface area (Å²) in [6.07, 6.45) is 5.91. The summed E-state index contributed by atoms with van der Waals surface area (Å²) >= 11 is 0. The van der Waals surface area contributed by atoms with Crippen LogP contribution in [0.25, 0.3) is 0 Å². The van der Waals surface area contributed by atoms with Crippen molar-refractivity contribution in [3.63, 3.8) is 0 Å². The molecule has 0 aromatic rings. The van der Waals surface area contributed by atoms with Crippen molar-refractivity contribution in [1.82, 2.24) is 10.2 Å². The van der Waals surface area contributed by atoms with Crippen molar-refractivity contribution in [1.29, 1.82) is 0 Å². The molecule has 1 rings (SSSR count). The van der Waals surface area contributed by atoms with E-state index in [-0.39, 0.29) is 17.5 Å². The molecular formula is C16H33N3O. The number of nitrogens with zero attached hydrogens (tertiary/aromatic N) is 1. The van der Waals surface area contributed by atoms with E-state index >= 15 is 0 Å². The molecule has 1 fully saturated rings. The molecule has 2 atom stereocenters. The average molecular weight is 283 g/mol. The highest BCUT2D eigenvalue weighted by Crippen LogP contribution is 2.17. The number of hydrogen-bond donors (Lipinski definition) is 2. The topological polar surface area (TPSA) is 58.4 Å². The van der Waals surface area contributed by atoms with Gasteiger partial charge in [0.1, 0.15) is 0 Å². The van der Waals surface area contributed by atoms with E-state index in [0.717, 1.165) is 19.5 Å². The Kier molecular flexibility index (Phi) is 6.96. The summed E-state index contributed by atoms with van der Waals surface area (Å²) in [5.41, 5.74) is 5.59. The van der Waals surface area contributed by atoms with Crippen LogP contribution in [0.4, 0.5) is 0 Å². The summed E-state index contributed by atoms with van der Waals surface area (Å²) < 4.78 is 0. The Hall–Kier alpha value is -0.610. The van der Waals surface area contributed by atoms with Crippen LogP contribution >= 0.6 is 0 Å². The maximum atomic E-state index is 12.5. The van der Waals surface area contributed by atoms with E-state index in [9.17, 15) is 4.79 Å². The second-order valence-electron chi connectivity index (χ2n) is 6.98. The number of nitrogens with one attached hydrogen (secondary N) is 1. The smallest absolute Gasteiger partial charge is 0.237 e. The number of rotatable bonds is 6. The summed E-state index contributed by atoms with van der Waals surface area (Å²) in [6, 6.07) is -0.0499. The van der Waals surface area contributed by atoms with Crippen LogP contribution in [0.1, 0.15) is 59.8 Å². The molecule has 1 aliphatic rings. The van der Waals surface area contributed by atoms with Crippen molar-refractivity contribution in [2.75, 3.05) is 19.6 Å². The van der Waals surface area contributed by atoms with Crippen LogP contribution < -0.4 is 11.1 Å². The van der Waals surface area contributed by atoms with Crippen LogP contribution in [0.3, 0.4) is 0 Å². The van der Waals surface area contributed by atoms with Gasteiger partial charge in [-0.1, -0.05) is 26.7 Å². The van der Waals surface area contributed by atoms with Gasteiger partial charge in [-0.15, -0.1) is 0 Å². The fourth-order valence-corrected chi connectivity index (χ4v) is 3.14. The zero-order chi connectivity index (χ0) is 15.2. The second-order valence-corrected chi connectivity index (χ2v) is 6.98. The Balaban J connectivity index is 2.58. The third kappa shape index (κ3) is 5.41. The fourth-order valence-electron chi connectivity index (χ4n) is 3.14.